The molecule has 1 aromatic carbocycles. The summed E-state index contributed by atoms with van der Waals surface area (Å²) in [6.07, 6.45) is 1.70. The number of halogens is 1. The number of sulfonamides is 1. The van der Waals surface area contributed by atoms with Crippen LogP contribution in [-0.4, -0.2) is 37.0 Å². The monoisotopic (exact) mass is 358 g/mol. The number of aliphatic carboxylic acids is 1. The molecule has 1 fully saturated rings. The van der Waals surface area contributed by atoms with Crippen LogP contribution in [0.3, 0.4) is 0 Å². The van der Waals surface area contributed by atoms with Gasteiger partial charge in [0.15, 0.2) is 0 Å². The van der Waals surface area contributed by atoms with Crippen LogP contribution < -0.4 is 10.0 Å². The summed E-state index contributed by atoms with van der Waals surface area (Å²) in [5.74, 6) is -2.18. The van der Waals surface area contributed by atoms with Gasteiger partial charge < -0.3 is 10.4 Å². The van der Waals surface area contributed by atoms with E-state index >= 15 is 0 Å². The van der Waals surface area contributed by atoms with Crippen molar-refractivity contribution in [2.45, 2.75) is 49.1 Å². The molecular formula is C15H19FN2O5S. The molecule has 24 heavy (non-hydrogen) atoms. The summed E-state index contributed by atoms with van der Waals surface area (Å²) in [5, 5.41) is 11.6. The molecule has 0 aliphatic heterocycles. The number of amides is 1. The Morgan fingerprint density at radius 2 is 1.88 bits per heavy atom. The number of carbonyl (C=O) groups is 2. The molecule has 1 aromatic rings. The van der Waals surface area contributed by atoms with Gasteiger partial charge in [0, 0.05) is 0 Å². The molecule has 3 N–H and O–H groups in total. The van der Waals surface area contributed by atoms with Gasteiger partial charge in [-0.3, -0.25) is 9.59 Å². The van der Waals surface area contributed by atoms with E-state index in [1.165, 1.54) is 6.92 Å². The van der Waals surface area contributed by atoms with Crippen molar-refractivity contribution in [1.82, 2.24) is 10.0 Å². The Morgan fingerprint density at radius 3 is 2.33 bits per heavy atom. The van der Waals surface area contributed by atoms with Crippen LogP contribution in [0.4, 0.5) is 4.39 Å². The molecule has 0 radical (unpaired) electrons. The summed E-state index contributed by atoms with van der Waals surface area (Å²) in [6.45, 7) is 1.36. The average Bonchev–Trinajstić information content (AvgIpc) is 2.44. The molecule has 2 rings (SSSR count). The number of benzene rings is 1. The first kappa shape index (κ1) is 18.3. The number of nitrogens with one attached hydrogen (secondary N) is 2. The molecule has 0 heterocycles. The largest absolute Gasteiger partial charge is 0.481 e. The first-order chi connectivity index (χ1) is 11.1. The fourth-order valence-electron chi connectivity index (χ4n) is 2.58. The third-order valence-corrected chi connectivity index (χ3v) is 5.59. The van der Waals surface area contributed by atoms with Gasteiger partial charge in [0.2, 0.25) is 15.9 Å². The summed E-state index contributed by atoms with van der Waals surface area (Å²) >= 11 is 0. The van der Waals surface area contributed by atoms with Gasteiger partial charge in [0.1, 0.15) is 5.82 Å². The highest BCUT2D eigenvalue weighted by Crippen LogP contribution is 2.35. The van der Waals surface area contributed by atoms with Crippen LogP contribution in [-0.2, 0) is 19.6 Å². The Morgan fingerprint density at radius 1 is 1.29 bits per heavy atom. The third-order valence-electron chi connectivity index (χ3n) is 4.04. The SMILES string of the molecule is C[C@@H](NS(=O)(=O)c1ccc(F)cc1)C(=O)NC1(CC(=O)O)CCC1. The minimum atomic E-state index is -3.98. The van der Waals surface area contributed by atoms with E-state index in [-0.39, 0.29) is 11.3 Å². The van der Waals surface area contributed by atoms with Crippen LogP contribution in [0.15, 0.2) is 29.2 Å². The van der Waals surface area contributed by atoms with Gasteiger partial charge in [0.25, 0.3) is 0 Å². The fourth-order valence-corrected chi connectivity index (χ4v) is 3.78. The van der Waals surface area contributed by atoms with E-state index in [0.29, 0.717) is 12.8 Å². The van der Waals surface area contributed by atoms with E-state index in [1.807, 2.05) is 0 Å². The van der Waals surface area contributed by atoms with Crippen LogP contribution >= 0.6 is 0 Å². The molecule has 0 aromatic heterocycles. The molecule has 7 nitrogen and oxygen atoms in total. The number of rotatable bonds is 7. The molecule has 1 aliphatic carbocycles. The fraction of sp³-hybridized carbons (Fsp3) is 0.467. The summed E-state index contributed by atoms with van der Waals surface area (Å²) < 4.78 is 39.4. The van der Waals surface area contributed by atoms with E-state index in [2.05, 4.69) is 10.0 Å². The molecule has 1 amide bonds. The number of carboxylic acids is 1. The van der Waals surface area contributed by atoms with Crippen molar-refractivity contribution in [3.05, 3.63) is 30.1 Å². The first-order valence-corrected chi connectivity index (χ1v) is 8.94. The Hall–Kier alpha value is -2.00. The van der Waals surface area contributed by atoms with E-state index in [1.54, 1.807) is 0 Å². The highest BCUT2D eigenvalue weighted by atomic mass is 32.2. The molecule has 0 bridgehead atoms. The summed E-state index contributed by atoms with van der Waals surface area (Å²) in [4.78, 5) is 23.0. The predicted molar refractivity (Wildman–Crippen MR) is 83.2 cm³/mol. The van der Waals surface area contributed by atoms with Gasteiger partial charge in [-0.2, -0.15) is 4.72 Å². The van der Waals surface area contributed by atoms with Gasteiger partial charge in [-0.1, -0.05) is 0 Å². The van der Waals surface area contributed by atoms with Gasteiger partial charge in [0.05, 0.1) is 22.9 Å². The summed E-state index contributed by atoms with van der Waals surface area (Å²) in [5.41, 5.74) is -0.807. The highest BCUT2D eigenvalue weighted by molar-refractivity contribution is 7.89. The quantitative estimate of drug-likeness (QED) is 0.673. The maximum atomic E-state index is 12.9. The molecular weight excluding hydrogens is 339 g/mol. The lowest BCUT2D eigenvalue weighted by atomic mass is 9.74. The lowest BCUT2D eigenvalue weighted by Crippen LogP contribution is -2.58. The van der Waals surface area contributed by atoms with Crippen LogP contribution in [0.25, 0.3) is 0 Å². The van der Waals surface area contributed by atoms with Crippen molar-refractivity contribution in [3.8, 4) is 0 Å². The molecule has 0 saturated heterocycles. The molecule has 1 atom stereocenters. The van der Waals surface area contributed by atoms with E-state index in [0.717, 1.165) is 30.7 Å². The van der Waals surface area contributed by atoms with Crippen molar-refractivity contribution in [2.24, 2.45) is 0 Å². The van der Waals surface area contributed by atoms with Crippen molar-refractivity contribution in [1.29, 1.82) is 0 Å². The maximum Gasteiger partial charge on any atom is 0.305 e. The lowest BCUT2D eigenvalue weighted by molar-refractivity contribution is -0.140. The molecule has 1 aliphatic rings. The summed E-state index contributed by atoms with van der Waals surface area (Å²) in [6, 6.07) is 3.12. The van der Waals surface area contributed by atoms with E-state index < -0.39 is 39.3 Å². The molecule has 0 unspecified atom stereocenters. The van der Waals surface area contributed by atoms with Crippen molar-refractivity contribution in [3.63, 3.8) is 0 Å². The van der Waals surface area contributed by atoms with Crippen LogP contribution in [0, 0.1) is 5.82 Å². The average molecular weight is 358 g/mol. The topological polar surface area (TPSA) is 113 Å². The maximum absolute atomic E-state index is 12.9. The number of hydrogen-bond acceptors (Lipinski definition) is 4. The number of carbonyl (C=O) groups excluding carboxylic acids is 1. The highest BCUT2D eigenvalue weighted by Gasteiger charge is 2.41. The second kappa shape index (κ2) is 6.86. The standard InChI is InChI=1S/C15H19FN2O5S/c1-10(14(21)17-15(7-2-8-15)9-13(19)20)18-24(22,23)12-5-3-11(16)4-6-12/h3-6,10,18H,2,7-9H2,1H3,(H,17,21)(H,19,20)/t10-/m1/s1. The zero-order valence-electron chi connectivity index (χ0n) is 13.1. The predicted octanol–water partition coefficient (Wildman–Crippen LogP) is 1.01. The second-order valence-corrected chi connectivity index (χ2v) is 7.70. The minimum absolute atomic E-state index is 0.160. The molecule has 1 saturated carbocycles. The summed E-state index contributed by atoms with van der Waals surface area (Å²) in [7, 11) is -3.98. The zero-order valence-corrected chi connectivity index (χ0v) is 13.9. The van der Waals surface area contributed by atoms with Gasteiger partial charge in [-0.25, -0.2) is 12.8 Å². The molecule has 132 valence electrons. The minimum Gasteiger partial charge on any atom is -0.481 e. The Balaban J connectivity index is 2.03. The van der Waals surface area contributed by atoms with E-state index in [4.69, 9.17) is 5.11 Å². The Bertz CT molecular complexity index is 729. The van der Waals surface area contributed by atoms with Gasteiger partial charge in [-0.15, -0.1) is 0 Å². The van der Waals surface area contributed by atoms with E-state index in [9.17, 15) is 22.4 Å². The van der Waals surface area contributed by atoms with Gasteiger partial charge in [-0.05, 0) is 50.5 Å². The third kappa shape index (κ3) is 4.30. The number of hydrogen-bond donors (Lipinski definition) is 3. The molecule has 9 heteroatoms. The van der Waals surface area contributed by atoms with Crippen molar-refractivity contribution in [2.75, 3.05) is 0 Å². The molecule has 0 spiro atoms. The van der Waals surface area contributed by atoms with Crippen LogP contribution in [0.2, 0.25) is 0 Å². The number of carboxylic acid groups (broad SMARTS) is 1. The Labute approximate surface area is 139 Å². The van der Waals surface area contributed by atoms with Gasteiger partial charge >= 0.3 is 5.97 Å². The Kier molecular flexibility index (Phi) is 5.24. The van der Waals surface area contributed by atoms with Crippen molar-refractivity contribution >= 4 is 21.9 Å². The zero-order chi connectivity index (χ0) is 18.0. The van der Waals surface area contributed by atoms with Crippen LogP contribution in [0.5, 0.6) is 0 Å². The normalized spacial score (nSPS) is 17.6. The lowest BCUT2D eigenvalue weighted by Gasteiger charge is -2.42. The smallest absolute Gasteiger partial charge is 0.305 e. The first-order valence-electron chi connectivity index (χ1n) is 7.45. The second-order valence-electron chi connectivity index (χ2n) is 5.99. The van der Waals surface area contributed by atoms with Crippen molar-refractivity contribution < 1.29 is 27.5 Å². The van der Waals surface area contributed by atoms with Crippen LogP contribution in [0.1, 0.15) is 32.6 Å².